The Morgan fingerprint density at radius 3 is 2.38 bits per heavy atom. The Kier molecular flexibility index (Phi) is 4.63. The molecule has 0 bridgehead atoms. The van der Waals surface area contributed by atoms with Crippen molar-refractivity contribution in [3.8, 4) is 0 Å². The van der Waals surface area contributed by atoms with E-state index < -0.39 is 4.92 Å². The molecule has 0 saturated heterocycles. The summed E-state index contributed by atoms with van der Waals surface area (Å²) in [4.78, 5) is 22.5. The number of benzene rings is 2. The summed E-state index contributed by atoms with van der Waals surface area (Å²) in [6.07, 6.45) is -0.0595. The van der Waals surface area contributed by atoms with Crippen molar-refractivity contribution in [3.63, 3.8) is 0 Å². The van der Waals surface area contributed by atoms with Crippen molar-refractivity contribution in [2.75, 3.05) is 5.32 Å². The second-order valence-corrected chi connectivity index (χ2v) is 4.47. The lowest BCUT2D eigenvalue weighted by atomic mass is 10.1. The van der Waals surface area contributed by atoms with E-state index in [1.54, 1.807) is 30.3 Å². The number of nitrogens with one attached hydrogen (secondary N) is 1. The van der Waals surface area contributed by atoms with Crippen LogP contribution in [0.3, 0.4) is 0 Å². The molecular weight excluding hydrogens is 270 g/mol. The predicted octanol–water partition coefficient (Wildman–Crippen LogP) is 2.23. The molecule has 0 atom stereocenters. The van der Waals surface area contributed by atoms with Crippen LogP contribution in [0.1, 0.15) is 11.1 Å². The first-order chi connectivity index (χ1) is 10.1. The van der Waals surface area contributed by atoms with Crippen LogP contribution in [0.2, 0.25) is 0 Å². The van der Waals surface area contributed by atoms with Gasteiger partial charge in [0.1, 0.15) is 0 Å². The van der Waals surface area contributed by atoms with Gasteiger partial charge in [0.2, 0.25) is 5.91 Å². The molecule has 6 heteroatoms. The Morgan fingerprint density at radius 2 is 1.71 bits per heavy atom. The summed E-state index contributed by atoms with van der Waals surface area (Å²) in [6.45, 7) is 0.307. The number of para-hydroxylation sites is 2. The first-order valence-corrected chi connectivity index (χ1v) is 6.42. The summed E-state index contributed by atoms with van der Waals surface area (Å²) >= 11 is 0. The van der Waals surface area contributed by atoms with Crippen LogP contribution >= 0.6 is 0 Å². The van der Waals surface area contributed by atoms with Gasteiger partial charge in [-0.15, -0.1) is 0 Å². The SMILES string of the molecule is NCc1ccccc1NC(=O)Cc1ccccc1[N+](=O)[O-]. The van der Waals surface area contributed by atoms with Gasteiger partial charge in [-0.2, -0.15) is 0 Å². The molecule has 0 aliphatic rings. The van der Waals surface area contributed by atoms with Gasteiger partial charge in [-0.05, 0) is 11.6 Å². The smallest absolute Gasteiger partial charge is 0.273 e. The van der Waals surface area contributed by atoms with Gasteiger partial charge in [0.25, 0.3) is 5.69 Å². The van der Waals surface area contributed by atoms with Crippen molar-refractivity contribution in [1.82, 2.24) is 0 Å². The summed E-state index contributed by atoms with van der Waals surface area (Å²) in [5.41, 5.74) is 7.37. The highest BCUT2D eigenvalue weighted by atomic mass is 16.6. The number of carbonyl (C=O) groups excluding carboxylic acids is 1. The molecule has 0 aliphatic heterocycles. The normalized spacial score (nSPS) is 10.1. The molecule has 6 nitrogen and oxygen atoms in total. The van der Waals surface area contributed by atoms with Gasteiger partial charge in [0, 0.05) is 23.9 Å². The maximum atomic E-state index is 12.1. The van der Waals surface area contributed by atoms with E-state index in [2.05, 4.69) is 5.32 Å². The molecule has 0 unspecified atom stereocenters. The van der Waals surface area contributed by atoms with E-state index in [4.69, 9.17) is 5.73 Å². The average molecular weight is 285 g/mol. The molecule has 2 rings (SSSR count). The standard InChI is InChI=1S/C15H15N3O3/c16-10-12-6-1-3-7-13(12)17-15(19)9-11-5-2-4-8-14(11)18(20)21/h1-8H,9-10,16H2,(H,17,19). The van der Waals surface area contributed by atoms with Gasteiger partial charge < -0.3 is 11.1 Å². The van der Waals surface area contributed by atoms with Crippen LogP contribution in [0.25, 0.3) is 0 Å². The number of nitro groups is 1. The van der Waals surface area contributed by atoms with Crippen LogP contribution in [0.5, 0.6) is 0 Å². The molecule has 0 spiro atoms. The van der Waals surface area contributed by atoms with E-state index in [1.807, 2.05) is 12.1 Å². The summed E-state index contributed by atoms with van der Waals surface area (Å²) in [6, 6.07) is 13.4. The molecule has 3 N–H and O–H groups in total. The van der Waals surface area contributed by atoms with E-state index >= 15 is 0 Å². The van der Waals surface area contributed by atoms with Crippen molar-refractivity contribution in [1.29, 1.82) is 0 Å². The molecule has 108 valence electrons. The number of carbonyl (C=O) groups is 1. The highest BCUT2D eigenvalue weighted by molar-refractivity contribution is 5.93. The lowest BCUT2D eigenvalue weighted by molar-refractivity contribution is -0.385. The topological polar surface area (TPSA) is 98.3 Å². The number of nitro benzene ring substituents is 1. The zero-order valence-electron chi connectivity index (χ0n) is 11.3. The summed E-state index contributed by atoms with van der Waals surface area (Å²) in [7, 11) is 0. The number of anilines is 1. The monoisotopic (exact) mass is 285 g/mol. The van der Waals surface area contributed by atoms with Crippen LogP contribution in [-0.2, 0) is 17.8 Å². The van der Waals surface area contributed by atoms with E-state index in [0.717, 1.165) is 5.56 Å². The first-order valence-electron chi connectivity index (χ1n) is 6.42. The van der Waals surface area contributed by atoms with Crippen molar-refractivity contribution in [2.24, 2.45) is 5.73 Å². The molecule has 2 aromatic rings. The lowest BCUT2D eigenvalue weighted by Gasteiger charge is -2.09. The summed E-state index contributed by atoms with van der Waals surface area (Å²) in [5.74, 6) is -0.315. The van der Waals surface area contributed by atoms with Gasteiger partial charge >= 0.3 is 0 Å². The molecule has 0 saturated carbocycles. The van der Waals surface area contributed by atoms with Crippen LogP contribution in [0.15, 0.2) is 48.5 Å². The molecule has 21 heavy (non-hydrogen) atoms. The minimum absolute atomic E-state index is 0.0558. The number of rotatable bonds is 5. The molecule has 0 aliphatic carbocycles. The number of nitrogens with zero attached hydrogens (tertiary/aromatic N) is 1. The Balaban J connectivity index is 2.14. The highest BCUT2D eigenvalue weighted by Gasteiger charge is 2.15. The summed E-state index contributed by atoms with van der Waals surface area (Å²) in [5, 5.41) is 13.7. The number of hydrogen-bond donors (Lipinski definition) is 2. The third-order valence-electron chi connectivity index (χ3n) is 3.05. The quantitative estimate of drug-likeness (QED) is 0.650. The fraction of sp³-hybridized carbons (Fsp3) is 0.133. The first kappa shape index (κ1) is 14.7. The predicted molar refractivity (Wildman–Crippen MR) is 79.8 cm³/mol. The Labute approximate surface area is 121 Å². The third-order valence-corrected chi connectivity index (χ3v) is 3.05. The van der Waals surface area contributed by atoms with E-state index in [-0.39, 0.29) is 18.0 Å². The molecule has 0 aromatic heterocycles. The Bertz CT molecular complexity index is 671. The fourth-order valence-corrected chi connectivity index (χ4v) is 2.03. The maximum absolute atomic E-state index is 12.1. The highest BCUT2D eigenvalue weighted by Crippen LogP contribution is 2.19. The zero-order valence-corrected chi connectivity index (χ0v) is 11.3. The van der Waals surface area contributed by atoms with E-state index in [0.29, 0.717) is 17.8 Å². The minimum atomic E-state index is -0.490. The van der Waals surface area contributed by atoms with Crippen LogP contribution in [0, 0.1) is 10.1 Å². The third kappa shape index (κ3) is 3.64. The Morgan fingerprint density at radius 1 is 1.10 bits per heavy atom. The molecule has 0 fully saturated rings. The van der Waals surface area contributed by atoms with Crippen molar-refractivity contribution in [2.45, 2.75) is 13.0 Å². The van der Waals surface area contributed by atoms with Gasteiger partial charge in [0.05, 0.1) is 11.3 Å². The van der Waals surface area contributed by atoms with Gasteiger partial charge in [-0.1, -0.05) is 36.4 Å². The fourth-order valence-electron chi connectivity index (χ4n) is 2.03. The number of hydrogen-bond acceptors (Lipinski definition) is 4. The molecular formula is C15H15N3O3. The number of nitrogens with two attached hydrogens (primary N) is 1. The van der Waals surface area contributed by atoms with Crippen molar-refractivity contribution < 1.29 is 9.72 Å². The van der Waals surface area contributed by atoms with Crippen molar-refractivity contribution >= 4 is 17.3 Å². The van der Waals surface area contributed by atoms with E-state index in [9.17, 15) is 14.9 Å². The van der Waals surface area contributed by atoms with Crippen LogP contribution < -0.4 is 11.1 Å². The lowest BCUT2D eigenvalue weighted by Crippen LogP contribution is -2.17. The van der Waals surface area contributed by atoms with Gasteiger partial charge in [0.15, 0.2) is 0 Å². The average Bonchev–Trinajstić information content (AvgIpc) is 2.48. The van der Waals surface area contributed by atoms with Crippen LogP contribution in [0.4, 0.5) is 11.4 Å². The van der Waals surface area contributed by atoms with E-state index in [1.165, 1.54) is 6.07 Å². The second kappa shape index (κ2) is 6.62. The largest absolute Gasteiger partial charge is 0.326 e. The summed E-state index contributed by atoms with van der Waals surface area (Å²) < 4.78 is 0. The molecule has 0 radical (unpaired) electrons. The minimum Gasteiger partial charge on any atom is -0.326 e. The molecule has 0 heterocycles. The van der Waals surface area contributed by atoms with Gasteiger partial charge in [-0.3, -0.25) is 14.9 Å². The Hall–Kier alpha value is -2.73. The van der Waals surface area contributed by atoms with Gasteiger partial charge in [-0.25, -0.2) is 0 Å². The molecule has 2 aromatic carbocycles. The van der Waals surface area contributed by atoms with Crippen LogP contribution in [-0.4, -0.2) is 10.8 Å². The number of amides is 1. The van der Waals surface area contributed by atoms with Crippen molar-refractivity contribution in [3.05, 3.63) is 69.8 Å². The molecule has 1 amide bonds. The zero-order chi connectivity index (χ0) is 15.2. The second-order valence-electron chi connectivity index (χ2n) is 4.47. The maximum Gasteiger partial charge on any atom is 0.273 e.